The number of fused-ring (bicyclic) bond motifs is 1. The van der Waals surface area contributed by atoms with Crippen molar-refractivity contribution in [3.63, 3.8) is 0 Å². The zero-order chi connectivity index (χ0) is 30.2. The molecule has 0 amide bonds. The topological polar surface area (TPSA) is 61.5 Å². The molecular weight excluding hydrogens is 550 g/mol. The molecule has 0 radical (unpaired) electrons. The minimum absolute atomic E-state index is 0.172. The van der Waals surface area contributed by atoms with E-state index < -0.39 is 0 Å². The van der Waals surface area contributed by atoms with Crippen LogP contribution in [0.15, 0.2) is 89.4 Å². The molecule has 2 aliphatic carbocycles. The van der Waals surface area contributed by atoms with Gasteiger partial charge >= 0.3 is 0 Å². The van der Waals surface area contributed by atoms with Crippen molar-refractivity contribution in [2.45, 2.75) is 71.3 Å². The molecule has 6 rings (SSSR count). The van der Waals surface area contributed by atoms with E-state index in [-0.39, 0.29) is 5.76 Å². The van der Waals surface area contributed by atoms with Crippen molar-refractivity contribution in [2.24, 2.45) is 0 Å². The van der Waals surface area contributed by atoms with Gasteiger partial charge in [0.05, 0.1) is 12.3 Å². The number of furan rings is 1. The van der Waals surface area contributed by atoms with E-state index in [0.717, 1.165) is 51.3 Å². The minimum atomic E-state index is 0.172. The molecular formula is C37H43N3O2S. The summed E-state index contributed by atoms with van der Waals surface area (Å²) < 4.78 is 6.12. The van der Waals surface area contributed by atoms with Gasteiger partial charge in [0, 0.05) is 41.7 Å². The number of hydrogen-bond acceptors (Lipinski definition) is 6. The highest BCUT2D eigenvalue weighted by Gasteiger charge is 2.20. The van der Waals surface area contributed by atoms with Crippen molar-refractivity contribution in [1.29, 1.82) is 0 Å². The number of rotatable bonds is 11. The molecule has 0 atom stereocenters. The van der Waals surface area contributed by atoms with E-state index in [9.17, 15) is 5.11 Å². The standard InChI is InChI=1S/C35H37N3O2S.C2H6/c1-24(39)19-20-36-25(2)27-13-11-26(12-14-27)22-38(31-17-15-29(16-18-31)28-7-4-3-5-8-28)35-37-32(23-41-35)34-21-30-9-6-10-33(30)40-34;1-2/h6,9,11-18,21,23,28,36,39H,1-5,7-8,10,19-20,22H2;1-2H3. The maximum Gasteiger partial charge on any atom is 0.190 e. The number of allylic oxidation sites excluding steroid dienone is 1. The summed E-state index contributed by atoms with van der Waals surface area (Å²) in [4.78, 5) is 7.34. The summed E-state index contributed by atoms with van der Waals surface area (Å²) >= 11 is 1.64. The van der Waals surface area contributed by atoms with Crippen LogP contribution in [-0.4, -0.2) is 16.6 Å². The summed E-state index contributed by atoms with van der Waals surface area (Å²) in [5.74, 6) is 2.69. The third-order valence-electron chi connectivity index (χ3n) is 8.09. The van der Waals surface area contributed by atoms with Crippen LogP contribution in [0.1, 0.15) is 86.3 Å². The van der Waals surface area contributed by atoms with Gasteiger partial charge in [-0.05, 0) is 53.6 Å². The van der Waals surface area contributed by atoms with Crippen molar-refractivity contribution in [3.8, 4) is 11.5 Å². The van der Waals surface area contributed by atoms with Crippen LogP contribution in [0.25, 0.3) is 23.2 Å². The first-order valence-electron chi connectivity index (χ1n) is 15.5. The number of aliphatic hydroxyl groups is 1. The van der Waals surface area contributed by atoms with E-state index in [0.29, 0.717) is 25.4 Å². The van der Waals surface area contributed by atoms with Crippen LogP contribution in [0, 0.1) is 0 Å². The Kier molecular flexibility index (Phi) is 10.2. The fraction of sp³-hybridized carbons (Fsp3) is 0.324. The van der Waals surface area contributed by atoms with E-state index in [4.69, 9.17) is 9.40 Å². The lowest BCUT2D eigenvalue weighted by molar-refractivity contribution is 0.391. The van der Waals surface area contributed by atoms with Gasteiger partial charge in [0.2, 0.25) is 0 Å². The molecule has 5 nitrogen and oxygen atoms in total. The van der Waals surface area contributed by atoms with Gasteiger partial charge in [-0.2, -0.15) is 0 Å². The molecule has 2 N–H and O–H groups in total. The van der Waals surface area contributed by atoms with E-state index >= 15 is 0 Å². The maximum atomic E-state index is 9.34. The van der Waals surface area contributed by atoms with Gasteiger partial charge in [-0.25, -0.2) is 4.98 Å². The molecule has 0 bridgehead atoms. The highest BCUT2D eigenvalue weighted by atomic mass is 32.1. The second-order valence-corrected chi connectivity index (χ2v) is 11.9. The van der Waals surface area contributed by atoms with Crippen LogP contribution in [0.4, 0.5) is 10.8 Å². The predicted octanol–water partition coefficient (Wildman–Crippen LogP) is 10.4. The largest absolute Gasteiger partial charge is 0.513 e. The average Bonchev–Trinajstić information content (AvgIpc) is 3.79. The normalized spacial score (nSPS) is 14.1. The first-order valence-corrected chi connectivity index (χ1v) is 16.4. The van der Waals surface area contributed by atoms with Gasteiger partial charge in [0.15, 0.2) is 10.9 Å². The molecule has 0 unspecified atom stereocenters. The number of aromatic nitrogens is 1. The summed E-state index contributed by atoms with van der Waals surface area (Å²) in [6.45, 7) is 13.0. The summed E-state index contributed by atoms with van der Waals surface area (Å²) in [5.41, 5.74) is 7.65. The van der Waals surface area contributed by atoms with Crippen LogP contribution in [0.5, 0.6) is 0 Å². The van der Waals surface area contributed by atoms with Crippen molar-refractivity contribution in [2.75, 3.05) is 11.4 Å². The van der Waals surface area contributed by atoms with Crippen LogP contribution in [-0.2, 0) is 13.0 Å². The smallest absolute Gasteiger partial charge is 0.190 e. The van der Waals surface area contributed by atoms with Crippen molar-refractivity contribution >= 4 is 33.9 Å². The highest BCUT2D eigenvalue weighted by Crippen LogP contribution is 2.38. The lowest BCUT2D eigenvalue weighted by Crippen LogP contribution is -2.17. The molecule has 2 aliphatic rings. The molecule has 6 heteroatoms. The summed E-state index contributed by atoms with van der Waals surface area (Å²) in [5, 5.41) is 15.6. The van der Waals surface area contributed by atoms with Crippen LogP contribution in [0.3, 0.4) is 0 Å². The zero-order valence-electron chi connectivity index (χ0n) is 25.4. The number of nitrogens with zero attached hydrogens (tertiary/aromatic N) is 2. The Balaban J connectivity index is 0.00000180. The molecule has 0 spiro atoms. The first kappa shape index (κ1) is 30.4. The molecule has 2 aromatic heterocycles. The lowest BCUT2D eigenvalue weighted by atomic mass is 9.84. The van der Waals surface area contributed by atoms with Crippen LogP contribution in [0.2, 0.25) is 0 Å². The molecule has 2 heterocycles. The monoisotopic (exact) mass is 593 g/mol. The number of hydrogen-bond donors (Lipinski definition) is 2. The Labute approximate surface area is 260 Å². The van der Waals surface area contributed by atoms with Crippen molar-refractivity contribution < 1.29 is 9.52 Å². The van der Waals surface area contributed by atoms with Crippen LogP contribution < -0.4 is 10.2 Å². The predicted molar refractivity (Wildman–Crippen MR) is 182 cm³/mol. The van der Waals surface area contributed by atoms with Gasteiger partial charge in [-0.15, -0.1) is 11.3 Å². The molecule has 0 aliphatic heterocycles. The van der Waals surface area contributed by atoms with Crippen molar-refractivity contribution in [3.05, 3.63) is 113 Å². The number of anilines is 2. The summed E-state index contributed by atoms with van der Waals surface area (Å²) in [6, 6.07) is 19.7. The van der Waals surface area contributed by atoms with Gasteiger partial charge in [-0.1, -0.05) is 94.8 Å². The second kappa shape index (κ2) is 14.4. The molecule has 4 aromatic rings. The van der Waals surface area contributed by atoms with E-state index in [1.54, 1.807) is 11.3 Å². The fourth-order valence-corrected chi connectivity index (χ4v) is 6.58. The number of benzene rings is 2. The lowest BCUT2D eigenvalue weighted by Gasteiger charge is -2.25. The second-order valence-electron chi connectivity index (χ2n) is 11.0. The van der Waals surface area contributed by atoms with Crippen molar-refractivity contribution in [1.82, 2.24) is 10.3 Å². The summed E-state index contributed by atoms with van der Waals surface area (Å²) in [6.07, 6.45) is 12.2. The Hall–Kier alpha value is -4.03. The van der Waals surface area contributed by atoms with Gasteiger partial charge in [0.1, 0.15) is 11.5 Å². The summed E-state index contributed by atoms with van der Waals surface area (Å²) in [7, 11) is 0. The Morgan fingerprint density at radius 1 is 1.05 bits per heavy atom. The fourth-order valence-electron chi connectivity index (χ4n) is 5.75. The highest BCUT2D eigenvalue weighted by molar-refractivity contribution is 7.14. The zero-order valence-corrected chi connectivity index (χ0v) is 26.3. The van der Waals surface area contributed by atoms with Gasteiger partial charge < -0.3 is 19.7 Å². The molecule has 1 saturated carbocycles. The van der Waals surface area contributed by atoms with E-state index in [2.05, 4.69) is 95.5 Å². The quantitative estimate of drug-likeness (QED) is 0.169. The third-order valence-corrected chi connectivity index (χ3v) is 8.96. The van der Waals surface area contributed by atoms with Gasteiger partial charge in [-0.3, -0.25) is 0 Å². The molecule has 2 aromatic carbocycles. The number of nitrogens with one attached hydrogen (secondary N) is 1. The van der Waals surface area contributed by atoms with Crippen LogP contribution >= 0.6 is 11.3 Å². The number of aliphatic hydroxyl groups excluding tert-OH is 1. The minimum Gasteiger partial charge on any atom is -0.513 e. The van der Waals surface area contributed by atoms with E-state index in [1.807, 2.05) is 13.8 Å². The maximum absolute atomic E-state index is 9.34. The Bertz CT molecular complexity index is 1540. The van der Waals surface area contributed by atoms with E-state index in [1.165, 1.54) is 43.2 Å². The van der Waals surface area contributed by atoms with Gasteiger partial charge in [0.25, 0.3) is 0 Å². The molecule has 43 heavy (non-hydrogen) atoms. The molecule has 1 fully saturated rings. The average molecular weight is 594 g/mol. The molecule has 0 saturated heterocycles. The third kappa shape index (κ3) is 7.49. The molecule has 224 valence electrons. The Morgan fingerprint density at radius 2 is 1.79 bits per heavy atom. The Morgan fingerprint density at radius 3 is 2.49 bits per heavy atom. The SMILES string of the molecule is C=C(O)CCNC(=C)c1ccc(CN(c2ccc(C3CCCCC3)cc2)c2nc(-c3cc4c(o3)CC=C4)cs2)cc1.CC. The number of thiazole rings is 1. The first-order chi connectivity index (χ1) is 21.0.